The number of hydrogen-bond donors (Lipinski definition) is 2. The lowest BCUT2D eigenvalue weighted by molar-refractivity contribution is -0.117. The number of aromatic nitrogens is 4. The van der Waals surface area contributed by atoms with Crippen molar-refractivity contribution >= 4 is 28.0 Å². The summed E-state index contributed by atoms with van der Waals surface area (Å²) in [5.41, 5.74) is 7.74. The van der Waals surface area contributed by atoms with Crippen molar-refractivity contribution in [1.29, 1.82) is 0 Å². The summed E-state index contributed by atoms with van der Waals surface area (Å²) in [6, 6.07) is 1.94. The lowest BCUT2D eigenvalue weighted by Crippen LogP contribution is -2.16. The maximum atomic E-state index is 11.0. The molecule has 0 fully saturated rings. The molecule has 3 N–H and O–H groups in total. The number of carbonyl (C=O) groups excluding carboxylic acids is 1. The molecule has 1 amide bonds. The molecule has 0 bridgehead atoms. The van der Waals surface area contributed by atoms with Crippen molar-refractivity contribution in [3.8, 4) is 0 Å². The van der Waals surface area contributed by atoms with Crippen LogP contribution in [-0.4, -0.2) is 25.4 Å². The van der Waals surface area contributed by atoms with Gasteiger partial charge in [-0.1, -0.05) is 0 Å². The van der Waals surface area contributed by atoms with Crippen molar-refractivity contribution in [2.45, 2.75) is 6.42 Å². The summed E-state index contributed by atoms with van der Waals surface area (Å²) in [6.07, 6.45) is 3.66. The van der Waals surface area contributed by atoms with Crippen LogP contribution in [0.25, 0.3) is 22.1 Å². The van der Waals surface area contributed by atoms with Gasteiger partial charge in [0.2, 0.25) is 5.91 Å². The summed E-state index contributed by atoms with van der Waals surface area (Å²) in [4.78, 5) is 22.6. The van der Waals surface area contributed by atoms with Gasteiger partial charge in [0.25, 0.3) is 0 Å². The van der Waals surface area contributed by atoms with Crippen molar-refractivity contribution in [2.75, 3.05) is 0 Å². The Hall–Kier alpha value is -2.37. The highest BCUT2D eigenvalue weighted by atomic mass is 16.1. The molecule has 0 saturated carbocycles. The van der Waals surface area contributed by atoms with E-state index in [2.05, 4.69) is 15.0 Å². The predicted octanol–water partition coefficient (Wildman–Crippen LogP) is 0.477. The fourth-order valence-corrected chi connectivity index (χ4v) is 2.07. The molecule has 0 aliphatic carbocycles. The quantitative estimate of drug-likeness (QED) is 0.669. The van der Waals surface area contributed by atoms with Crippen LogP contribution in [0.5, 0.6) is 0 Å². The number of H-pyrrole nitrogens is 1. The first kappa shape index (κ1) is 9.83. The van der Waals surface area contributed by atoms with Crippen molar-refractivity contribution in [3.63, 3.8) is 0 Å². The summed E-state index contributed by atoms with van der Waals surface area (Å²) in [7, 11) is 1.88. The van der Waals surface area contributed by atoms with Crippen LogP contribution < -0.4 is 5.73 Å². The molecular weight excluding hydrogens is 218 g/mol. The van der Waals surface area contributed by atoms with E-state index >= 15 is 0 Å². The van der Waals surface area contributed by atoms with Crippen LogP contribution in [0.4, 0.5) is 0 Å². The van der Waals surface area contributed by atoms with Gasteiger partial charge >= 0.3 is 0 Å². The molecule has 0 spiro atoms. The zero-order valence-electron chi connectivity index (χ0n) is 9.27. The van der Waals surface area contributed by atoms with Crippen LogP contribution in [0.1, 0.15) is 5.82 Å². The summed E-state index contributed by atoms with van der Waals surface area (Å²) in [5, 5.41) is 0.994. The Morgan fingerprint density at radius 3 is 3.18 bits per heavy atom. The van der Waals surface area contributed by atoms with E-state index in [1.807, 2.05) is 23.9 Å². The lowest BCUT2D eigenvalue weighted by Gasteiger charge is -2.00. The third-order valence-corrected chi connectivity index (χ3v) is 2.84. The SMILES string of the molecule is Cn1c(CC(N)=O)nc2cnc3[nH]ccc3c21. The van der Waals surface area contributed by atoms with Crippen molar-refractivity contribution < 1.29 is 4.79 Å². The van der Waals surface area contributed by atoms with Gasteiger partial charge in [-0.15, -0.1) is 0 Å². The van der Waals surface area contributed by atoms with Gasteiger partial charge in [0.15, 0.2) is 0 Å². The zero-order chi connectivity index (χ0) is 12.0. The first-order chi connectivity index (χ1) is 8.16. The van der Waals surface area contributed by atoms with Gasteiger partial charge in [-0.25, -0.2) is 9.97 Å². The van der Waals surface area contributed by atoms with Crippen LogP contribution in [0, 0.1) is 0 Å². The van der Waals surface area contributed by atoms with E-state index in [0.29, 0.717) is 5.82 Å². The standard InChI is InChI=1S/C11H11N5O/c1-16-9(4-8(12)17)15-7-5-14-11-6(10(7)16)2-3-13-11/h2-3,5H,4H2,1H3,(H2,12,17)(H,13,14). The molecule has 3 heterocycles. The number of hydrogen-bond acceptors (Lipinski definition) is 3. The number of carbonyl (C=O) groups is 1. The largest absolute Gasteiger partial charge is 0.369 e. The molecule has 17 heavy (non-hydrogen) atoms. The second-order valence-corrected chi connectivity index (χ2v) is 3.96. The van der Waals surface area contributed by atoms with Crippen LogP contribution in [-0.2, 0) is 18.3 Å². The van der Waals surface area contributed by atoms with Gasteiger partial charge in [0.1, 0.15) is 17.0 Å². The Balaban J connectivity index is 2.35. The van der Waals surface area contributed by atoms with Crippen LogP contribution in [0.15, 0.2) is 18.5 Å². The second kappa shape index (κ2) is 3.31. The smallest absolute Gasteiger partial charge is 0.225 e. The number of fused-ring (bicyclic) bond motifs is 3. The number of imidazole rings is 1. The number of amides is 1. The molecule has 3 rings (SSSR count). The minimum Gasteiger partial charge on any atom is -0.369 e. The number of aryl methyl sites for hydroxylation is 1. The van der Waals surface area contributed by atoms with E-state index in [1.54, 1.807) is 6.20 Å². The number of nitrogens with zero attached hydrogens (tertiary/aromatic N) is 3. The monoisotopic (exact) mass is 229 g/mol. The summed E-state index contributed by atoms with van der Waals surface area (Å²) in [5.74, 6) is 0.268. The van der Waals surface area contributed by atoms with Gasteiger partial charge in [0, 0.05) is 18.6 Å². The topological polar surface area (TPSA) is 89.6 Å². The molecule has 0 radical (unpaired) electrons. The van der Waals surface area contributed by atoms with E-state index in [9.17, 15) is 4.79 Å². The van der Waals surface area contributed by atoms with E-state index < -0.39 is 0 Å². The molecule has 0 aliphatic rings. The van der Waals surface area contributed by atoms with E-state index in [4.69, 9.17) is 5.73 Å². The molecule has 0 saturated heterocycles. The minimum absolute atomic E-state index is 0.136. The van der Waals surface area contributed by atoms with Crippen molar-refractivity contribution in [2.24, 2.45) is 12.8 Å². The third kappa shape index (κ3) is 1.37. The molecule has 0 aromatic carbocycles. The molecule has 6 nitrogen and oxygen atoms in total. The Bertz CT molecular complexity index is 724. The molecule has 86 valence electrons. The summed E-state index contributed by atoms with van der Waals surface area (Å²) >= 11 is 0. The number of pyridine rings is 1. The third-order valence-electron chi connectivity index (χ3n) is 2.84. The van der Waals surface area contributed by atoms with Crippen LogP contribution in [0.2, 0.25) is 0 Å². The normalized spacial score (nSPS) is 11.4. The molecule has 3 aromatic heterocycles. The molecular formula is C11H11N5O. The first-order valence-corrected chi connectivity index (χ1v) is 5.22. The predicted molar refractivity (Wildman–Crippen MR) is 63.3 cm³/mol. The highest BCUT2D eigenvalue weighted by molar-refractivity contribution is 6.01. The highest BCUT2D eigenvalue weighted by Gasteiger charge is 2.13. The van der Waals surface area contributed by atoms with Gasteiger partial charge in [-0.2, -0.15) is 0 Å². The second-order valence-electron chi connectivity index (χ2n) is 3.96. The van der Waals surface area contributed by atoms with Gasteiger partial charge in [-0.05, 0) is 6.07 Å². The highest BCUT2D eigenvalue weighted by Crippen LogP contribution is 2.23. The van der Waals surface area contributed by atoms with Gasteiger partial charge < -0.3 is 15.3 Å². The van der Waals surface area contributed by atoms with Gasteiger partial charge in [-0.3, -0.25) is 4.79 Å². The maximum Gasteiger partial charge on any atom is 0.225 e. The Morgan fingerprint density at radius 2 is 2.41 bits per heavy atom. The average molecular weight is 229 g/mol. The van der Waals surface area contributed by atoms with E-state index in [1.165, 1.54) is 0 Å². The fourth-order valence-electron chi connectivity index (χ4n) is 2.07. The van der Waals surface area contributed by atoms with E-state index in [0.717, 1.165) is 22.1 Å². The minimum atomic E-state index is -0.387. The molecule has 6 heteroatoms. The lowest BCUT2D eigenvalue weighted by atomic mass is 10.3. The molecule has 0 aliphatic heterocycles. The maximum absolute atomic E-state index is 11.0. The number of primary amides is 1. The van der Waals surface area contributed by atoms with Gasteiger partial charge in [0.05, 0.1) is 18.1 Å². The molecule has 0 atom stereocenters. The first-order valence-electron chi connectivity index (χ1n) is 5.22. The van der Waals surface area contributed by atoms with Crippen molar-refractivity contribution in [3.05, 3.63) is 24.3 Å². The van der Waals surface area contributed by atoms with Crippen molar-refractivity contribution in [1.82, 2.24) is 19.5 Å². The number of nitrogens with one attached hydrogen (secondary N) is 1. The van der Waals surface area contributed by atoms with Crippen LogP contribution >= 0.6 is 0 Å². The number of aromatic amines is 1. The molecule has 0 unspecified atom stereocenters. The summed E-state index contributed by atoms with van der Waals surface area (Å²) in [6.45, 7) is 0. The zero-order valence-corrected chi connectivity index (χ0v) is 9.27. The number of nitrogens with two attached hydrogens (primary N) is 1. The van der Waals surface area contributed by atoms with E-state index in [-0.39, 0.29) is 12.3 Å². The Labute approximate surface area is 96.5 Å². The Kier molecular flexibility index (Phi) is 1.91. The summed E-state index contributed by atoms with van der Waals surface area (Å²) < 4.78 is 1.89. The van der Waals surface area contributed by atoms with Crippen LogP contribution in [0.3, 0.4) is 0 Å². The average Bonchev–Trinajstić information content (AvgIpc) is 2.83. The fraction of sp³-hybridized carbons (Fsp3) is 0.182. The Morgan fingerprint density at radius 1 is 1.59 bits per heavy atom. The molecule has 3 aromatic rings. The number of rotatable bonds is 2.